The molecule has 176 valence electrons. The van der Waals surface area contributed by atoms with Crippen LogP contribution in [-0.4, -0.2) is 29.5 Å². The Morgan fingerprint density at radius 1 is 1.06 bits per heavy atom. The summed E-state index contributed by atoms with van der Waals surface area (Å²) in [5.74, 6) is -6.19. The molecule has 0 radical (unpaired) electrons. The van der Waals surface area contributed by atoms with Crippen LogP contribution in [0.3, 0.4) is 0 Å². The first-order valence-corrected chi connectivity index (χ1v) is 10.1. The smallest absolute Gasteiger partial charge is 0.263 e. The summed E-state index contributed by atoms with van der Waals surface area (Å²) in [6.07, 6.45) is 1.23. The topological polar surface area (TPSA) is 89.4 Å². The Kier molecular flexibility index (Phi) is 6.35. The Morgan fingerprint density at radius 3 is 2.53 bits per heavy atom. The SMILES string of the molecule is O=C1Cc2c(ccc(OCCNC(=O)c3cccn(Cc4cc(F)c(F)c(F)c4)c3=O)c2F)N1. The summed E-state index contributed by atoms with van der Waals surface area (Å²) in [6.45, 7) is -0.459. The van der Waals surface area contributed by atoms with Gasteiger partial charge in [0, 0.05) is 17.4 Å². The quantitative estimate of drug-likeness (QED) is 0.313. The number of nitrogens with one attached hydrogen (secondary N) is 2. The average molecular weight is 475 g/mol. The second-order valence-corrected chi connectivity index (χ2v) is 7.46. The number of hydrogen-bond donors (Lipinski definition) is 2. The first-order valence-electron chi connectivity index (χ1n) is 10.1. The fourth-order valence-electron chi connectivity index (χ4n) is 3.51. The van der Waals surface area contributed by atoms with Gasteiger partial charge in [0.05, 0.1) is 19.5 Å². The summed E-state index contributed by atoms with van der Waals surface area (Å²) in [5, 5.41) is 4.99. The first kappa shape index (κ1) is 23.0. The van der Waals surface area contributed by atoms with E-state index >= 15 is 0 Å². The number of fused-ring (bicyclic) bond motifs is 1. The van der Waals surface area contributed by atoms with Gasteiger partial charge in [-0.2, -0.15) is 0 Å². The lowest BCUT2D eigenvalue weighted by Gasteiger charge is -2.11. The van der Waals surface area contributed by atoms with Crippen LogP contribution in [0.25, 0.3) is 0 Å². The highest BCUT2D eigenvalue weighted by Crippen LogP contribution is 2.31. The summed E-state index contributed by atoms with van der Waals surface area (Å²) in [5.41, 5.74) is -0.378. The van der Waals surface area contributed by atoms with Gasteiger partial charge in [0.15, 0.2) is 29.0 Å². The van der Waals surface area contributed by atoms with Crippen molar-refractivity contribution in [2.45, 2.75) is 13.0 Å². The highest BCUT2D eigenvalue weighted by atomic mass is 19.2. The number of pyridine rings is 1. The van der Waals surface area contributed by atoms with Gasteiger partial charge in [-0.15, -0.1) is 0 Å². The van der Waals surface area contributed by atoms with Gasteiger partial charge in [-0.1, -0.05) is 0 Å². The highest BCUT2D eigenvalue weighted by Gasteiger charge is 2.24. The molecule has 0 atom stereocenters. The number of benzene rings is 2. The van der Waals surface area contributed by atoms with Crippen LogP contribution in [0.4, 0.5) is 23.2 Å². The predicted molar refractivity (Wildman–Crippen MR) is 113 cm³/mol. The minimum Gasteiger partial charge on any atom is -0.489 e. The summed E-state index contributed by atoms with van der Waals surface area (Å²) in [7, 11) is 0. The van der Waals surface area contributed by atoms with Gasteiger partial charge >= 0.3 is 0 Å². The molecular weight excluding hydrogens is 458 g/mol. The minimum absolute atomic E-state index is 0.00210. The summed E-state index contributed by atoms with van der Waals surface area (Å²) in [4.78, 5) is 36.4. The summed E-state index contributed by atoms with van der Waals surface area (Å²) in [6, 6.07) is 7.07. The van der Waals surface area contributed by atoms with E-state index in [2.05, 4.69) is 10.6 Å². The maximum atomic E-state index is 14.4. The molecule has 7 nitrogen and oxygen atoms in total. The number of aromatic nitrogens is 1. The molecule has 3 aromatic rings. The van der Waals surface area contributed by atoms with Crippen molar-refractivity contribution in [3.8, 4) is 5.75 Å². The molecule has 0 saturated heterocycles. The van der Waals surface area contributed by atoms with Gasteiger partial charge in [-0.05, 0) is 42.0 Å². The first-order chi connectivity index (χ1) is 16.2. The number of halogens is 4. The van der Waals surface area contributed by atoms with Crippen LogP contribution in [0.5, 0.6) is 5.75 Å². The monoisotopic (exact) mass is 475 g/mol. The lowest BCUT2D eigenvalue weighted by atomic mass is 10.1. The van der Waals surface area contributed by atoms with Crippen molar-refractivity contribution in [1.82, 2.24) is 9.88 Å². The van der Waals surface area contributed by atoms with E-state index in [1.54, 1.807) is 0 Å². The maximum absolute atomic E-state index is 14.4. The zero-order chi connectivity index (χ0) is 24.4. The van der Waals surface area contributed by atoms with Crippen LogP contribution in [-0.2, 0) is 17.8 Å². The number of anilines is 1. The van der Waals surface area contributed by atoms with Gasteiger partial charge in [0.2, 0.25) is 5.91 Å². The van der Waals surface area contributed by atoms with Crippen molar-refractivity contribution in [2.75, 3.05) is 18.5 Å². The standard InChI is InChI=1S/C23H17F4N3O4/c24-15-8-12(9-16(25)21(15)27)11-30-6-1-2-13(23(30)33)22(32)28-5-7-34-18-4-3-17-14(20(18)26)10-19(31)29-17/h1-4,6,8-9H,5,7,10-11H2,(H,28,32)(H,29,31). The van der Waals surface area contributed by atoms with Gasteiger partial charge in [0.1, 0.15) is 12.2 Å². The van der Waals surface area contributed by atoms with E-state index in [0.717, 1.165) is 16.7 Å². The molecule has 2 aromatic carbocycles. The third-order valence-electron chi connectivity index (χ3n) is 5.13. The minimum atomic E-state index is -1.61. The summed E-state index contributed by atoms with van der Waals surface area (Å²) >= 11 is 0. The number of ether oxygens (including phenoxy) is 1. The maximum Gasteiger partial charge on any atom is 0.263 e. The molecule has 2 N–H and O–H groups in total. The molecule has 2 amide bonds. The normalized spacial score (nSPS) is 12.3. The van der Waals surface area contributed by atoms with Crippen molar-refractivity contribution in [3.63, 3.8) is 0 Å². The van der Waals surface area contributed by atoms with Gasteiger partial charge in [-0.3, -0.25) is 14.4 Å². The van der Waals surface area contributed by atoms with Crippen LogP contribution >= 0.6 is 0 Å². The van der Waals surface area contributed by atoms with E-state index in [-0.39, 0.29) is 54.5 Å². The van der Waals surface area contributed by atoms with Crippen molar-refractivity contribution >= 4 is 17.5 Å². The molecule has 0 spiro atoms. The van der Waals surface area contributed by atoms with E-state index in [0.29, 0.717) is 5.69 Å². The molecule has 1 aliphatic heterocycles. The van der Waals surface area contributed by atoms with E-state index < -0.39 is 34.7 Å². The Morgan fingerprint density at radius 2 is 1.79 bits per heavy atom. The number of carbonyl (C=O) groups is 2. The Balaban J connectivity index is 1.37. The average Bonchev–Trinajstić information content (AvgIpc) is 3.19. The van der Waals surface area contributed by atoms with Crippen molar-refractivity contribution in [2.24, 2.45) is 0 Å². The number of carbonyl (C=O) groups excluding carboxylic acids is 2. The highest BCUT2D eigenvalue weighted by molar-refractivity contribution is 5.99. The molecule has 0 bridgehead atoms. The fourth-order valence-corrected chi connectivity index (χ4v) is 3.51. The number of rotatable bonds is 7. The largest absolute Gasteiger partial charge is 0.489 e. The molecule has 34 heavy (non-hydrogen) atoms. The van der Waals surface area contributed by atoms with Gasteiger partial charge < -0.3 is 19.9 Å². The second-order valence-electron chi connectivity index (χ2n) is 7.46. The van der Waals surface area contributed by atoms with Crippen molar-refractivity contribution < 1.29 is 31.9 Å². The van der Waals surface area contributed by atoms with Crippen LogP contribution in [0, 0.1) is 23.3 Å². The van der Waals surface area contributed by atoms with Gasteiger partial charge in [-0.25, -0.2) is 17.6 Å². The summed E-state index contributed by atoms with van der Waals surface area (Å²) < 4.78 is 60.8. The van der Waals surface area contributed by atoms with Crippen LogP contribution in [0.15, 0.2) is 47.4 Å². The molecular formula is C23H17F4N3O4. The van der Waals surface area contributed by atoms with Crippen LogP contribution in [0.2, 0.25) is 0 Å². The Bertz CT molecular complexity index is 1330. The molecule has 4 rings (SSSR count). The van der Waals surface area contributed by atoms with E-state index in [4.69, 9.17) is 4.74 Å². The molecule has 0 aliphatic carbocycles. The fraction of sp³-hybridized carbons (Fsp3) is 0.174. The molecule has 1 aliphatic rings. The second kappa shape index (κ2) is 9.38. The molecule has 1 aromatic heterocycles. The lowest BCUT2D eigenvalue weighted by molar-refractivity contribution is -0.115. The van der Waals surface area contributed by atoms with E-state index in [1.807, 2.05) is 0 Å². The third-order valence-corrected chi connectivity index (χ3v) is 5.13. The van der Waals surface area contributed by atoms with Crippen molar-refractivity contribution in [3.05, 3.63) is 92.9 Å². The van der Waals surface area contributed by atoms with Gasteiger partial charge in [0.25, 0.3) is 11.5 Å². The van der Waals surface area contributed by atoms with Crippen LogP contribution < -0.4 is 20.9 Å². The molecule has 0 saturated carbocycles. The number of hydrogen-bond acceptors (Lipinski definition) is 4. The third kappa shape index (κ3) is 4.63. The molecule has 0 unspecified atom stereocenters. The van der Waals surface area contributed by atoms with Crippen LogP contribution in [0.1, 0.15) is 21.5 Å². The Hall–Kier alpha value is -4.15. The molecule has 2 heterocycles. The lowest BCUT2D eigenvalue weighted by Crippen LogP contribution is -2.35. The predicted octanol–water partition coefficient (Wildman–Crippen LogP) is 2.76. The number of nitrogens with zero attached hydrogens (tertiary/aromatic N) is 1. The Labute approximate surface area is 190 Å². The molecule has 11 heteroatoms. The van der Waals surface area contributed by atoms with E-state index in [1.165, 1.54) is 30.5 Å². The zero-order valence-electron chi connectivity index (χ0n) is 17.5. The molecule has 0 fully saturated rings. The van der Waals surface area contributed by atoms with E-state index in [9.17, 15) is 31.9 Å². The zero-order valence-corrected chi connectivity index (χ0v) is 17.5. The van der Waals surface area contributed by atoms with Crippen molar-refractivity contribution in [1.29, 1.82) is 0 Å². The number of amides is 2.